The first kappa shape index (κ1) is 12.8. The van der Waals surface area contributed by atoms with Gasteiger partial charge in [-0.2, -0.15) is 0 Å². The minimum absolute atomic E-state index is 0.335. The van der Waals surface area contributed by atoms with Crippen LogP contribution in [0.4, 0.5) is 0 Å². The van der Waals surface area contributed by atoms with Crippen molar-refractivity contribution >= 4 is 17.6 Å². The van der Waals surface area contributed by atoms with Gasteiger partial charge in [0.25, 0.3) is 0 Å². The van der Waals surface area contributed by atoms with Crippen molar-refractivity contribution in [1.82, 2.24) is 0 Å². The van der Waals surface area contributed by atoms with E-state index in [1.165, 1.54) is 13.8 Å². The van der Waals surface area contributed by atoms with Gasteiger partial charge in [-0.25, -0.2) is 4.79 Å². The Labute approximate surface area is 99.0 Å². The molecule has 1 aromatic carbocycles. The standard InChI is InChI=1S/C11H14ClNO3/c1-11(2,10(14)15)16-8-4-3-7(6-13)9(12)5-8/h3-5H,6,13H2,1-2H3,(H,14,15). The predicted molar refractivity (Wildman–Crippen MR) is 61.7 cm³/mol. The molecule has 0 aliphatic heterocycles. The van der Waals surface area contributed by atoms with E-state index in [9.17, 15) is 4.79 Å². The van der Waals surface area contributed by atoms with Gasteiger partial charge in [-0.05, 0) is 31.5 Å². The summed E-state index contributed by atoms with van der Waals surface area (Å²) in [7, 11) is 0. The molecule has 0 amide bonds. The first-order chi connectivity index (χ1) is 7.36. The number of carboxylic acids is 1. The van der Waals surface area contributed by atoms with Crippen LogP contribution >= 0.6 is 11.6 Å². The zero-order valence-electron chi connectivity index (χ0n) is 9.16. The summed E-state index contributed by atoms with van der Waals surface area (Å²) in [6.07, 6.45) is 0. The Morgan fingerprint density at radius 1 is 1.56 bits per heavy atom. The number of benzene rings is 1. The fraction of sp³-hybridized carbons (Fsp3) is 0.364. The molecule has 4 nitrogen and oxygen atoms in total. The quantitative estimate of drug-likeness (QED) is 0.849. The molecule has 0 aliphatic carbocycles. The van der Waals surface area contributed by atoms with Crippen LogP contribution < -0.4 is 10.5 Å². The highest BCUT2D eigenvalue weighted by Crippen LogP contribution is 2.25. The maximum absolute atomic E-state index is 10.9. The Bertz CT molecular complexity index is 404. The Hall–Kier alpha value is -1.26. The maximum Gasteiger partial charge on any atom is 0.347 e. The average molecular weight is 244 g/mol. The molecule has 0 unspecified atom stereocenters. The molecular formula is C11H14ClNO3. The monoisotopic (exact) mass is 243 g/mol. The van der Waals surface area contributed by atoms with Crippen molar-refractivity contribution < 1.29 is 14.6 Å². The van der Waals surface area contributed by atoms with E-state index >= 15 is 0 Å². The van der Waals surface area contributed by atoms with Crippen molar-refractivity contribution in [2.24, 2.45) is 5.73 Å². The van der Waals surface area contributed by atoms with Gasteiger partial charge < -0.3 is 15.6 Å². The van der Waals surface area contributed by atoms with Gasteiger partial charge in [-0.1, -0.05) is 17.7 Å². The maximum atomic E-state index is 10.9. The number of hydrogen-bond acceptors (Lipinski definition) is 3. The fourth-order valence-electron chi connectivity index (χ4n) is 1.10. The van der Waals surface area contributed by atoms with Crippen molar-refractivity contribution in [2.75, 3.05) is 0 Å². The molecule has 0 aliphatic rings. The third-order valence-electron chi connectivity index (χ3n) is 2.13. The van der Waals surface area contributed by atoms with Gasteiger partial charge in [0.05, 0.1) is 0 Å². The Morgan fingerprint density at radius 2 is 2.19 bits per heavy atom. The highest BCUT2D eigenvalue weighted by atomic mass is 35.5. The van der Waals surface area contributed by atoms with Crippen molar-refractivity contribution in [3.63, 3.8) is 0 Å². The van der Waals surface area contributed by atoms with Gasteiger partial charge in [-0.3, -0.25) is 0 Å². The number of carbonyl (C=O) groups is 1. The Morgan fingerprint density at radius 3 is 2.62 bits per heavy atom. The van der Waals surface area contributed by atoms with E-state index in [2.05, 4.69) is 0 Å². The predicted octanol–water partition coefficient (Wildman–Crippen LogP) is 2.04. The van der Waals surface area contributed by atoms with E-state index in [4.69, 9.17) is 27.2 Å². The molecule has 16 heavy (non-hydrogen) atoms. The number of nitrogens with two attached hydrogens (primary N) is 1. The van der Waals surface area contributed by atoms with Crippen LogP contribution in [0.5, 0.6) is 5.75 Å². The van der Waals surface area contributed by atoms with Crippen molar-refractivity contribution in [3.05, 3.63) is 28.8 Å². The summed E-state index contributed by atoms with van der Waals surface area (Å²) < 4.78 is 5.32. The second kappa shape index (κ2) is 4.72. The molecule has 0 aromatic heterocycles. The first-order valence-corrected chi connectivity index (χ1v) is 5.15. The molecule has 0 saturated carbocycles. The molecule has 3 N–H and O–H groups in total. The number of hydrogen-bond donors (Lipinski definition) is 2. The second-order valence-electron chi connectivity index (χ2n) is 3.87. The molecule has 0 radical (unpaired) electrons. The minimum atomic E-state index is -1.28. The molecule has 88 valence electrons. The second-order valence-corrected chi connectivity index (χ2v) is 4.28. The van der Waals surface area contributed by atoms with Crippen molar-refractivity contribution in [3.8, 4) is 5.75 Å². The highest BCUT2D eigenvalue weighted by molar-refractivity contribution is 6.31. The molecule has 0 saturated heterocycles. The zero-order valence-corrected chi connectivity index (χ0v) is 9.91. The van der Waals surface area contributed by atoms with Gasteiger partial charge in [0.1, 0.15) is 5.75 Å². The molecule has 0 spiro atoms. The molecule has 5 heteroatoms. The minimum Gasteiger partial charge on any atom is -0.478 e. The van der Waals surface area contributed by atoms with Gasteiger partial charge in [0.15, 0.2) is 5.60 Å². The third-order valence-corrected chi connectivity index (χ3v) is 2.48. The summed E-state index contributed by atoms with van der Waals surface area (Å²) >= 11 is 5.93. The lowest BCUT2D eigenvalue weighted by Gasteiger charge is -2.21. The lowest BCUT2D eigenvalue weighted by atomic mass is 10.1. The van der Waals surface area contributed by atoms with Crippen LogP contribution in [-0.2, 0) is 11.3 Å². The number of rotatable bonds is 4. The van der Waals surface area contributed by atoms with E-state index in [1.54, 1.807) is 18.2 Å². The van der Waals surface area contributed by atoms with Gasteiger partial charge in [0, 0.05) is 11.6 Å². The molecule has 0 heterocycles. The lowest BCUT2D eigenvalue weighted by Crippen LogP contribution is -2.37. The summed E-state index contributed by atoms with van der Waals surface area (Å²) in [5.41, 5.74) is 4.97. The summed E-state index contributed by atoms with van der Waals surface area (Å²) in [6, 6.07) is 4.93. The van der Waals surface area contributed by atoms with Crippen LogP contribution in [0.2, 0.25) is 5.02 Å². The van der Waals surface area contributed by atoms with Crippen molar-refractivity contribution in [1.29, 1.82) is 0 Å². The topological polar surface area (TPSA) is 72.5 Å². The van der Waals surface area contributed by atoms with Crippen LogP contribution in [0.15, 0.2) is 18.2 Å². The molecule has 1 aromatic rings. The van der Waals surface area contributed by atoms with Crippen LogP contribution in [0.1, 0.15) is 19.4 Å². The summed E-state index contributed by atoms with van der Waals surface area (Å²) in [5, 5.41) is 9.37. The molecular weight excluding hydrogens is 230 g/mol. The number of carboxylic acid groups (broad SMARTS) is 1. The summed E-state index contributed by atoms with van der Waals surface area (Å²) in [4.78, 5) is 10.9. The first-order valence-electron chi connectivity index (χ1n) is 4.77. The lowest BCUT2D eigenvalue weighted by molar-refractivity contribution is -0.152. The van der Waals surface area contributed by atoms with E-state index in [0.717, 1.165) is 5.56 Å². The SMILES string of the molecule is CC(C)(Oc1ccc(CN)c(Cl)c1)C(=O)O. The number of ether oxygens (including phenoxy) is 1. The zero-order chi connectivity index (χ0) is 12.3. The van der Waals surface area contributed by atoms with Gasteiger partial charge in [-0.15, -0.1) is 0 Å². The van der Waals surface area contributed by atoms with Crippen LogP contribution in [-0.4, -0.2) is 16.7 Å². The van der Waals surface area contributed by atoms with Gasteiger partial charge >= 0.3 is 5.97 Å². The van der Waals surface area contributed by atoms with E-state index in [1.807, 2.05) is 0 Å². The van der Waals surface area contributed by atoms with Crippen molar-refractivity contribution in [2.45, 2.75) is 26.0 Å². The van der Waals surface area contributed by atoms with E-state index < -0.39 is 11.6 Å². The largest absolute Gasteiger partial charge is 0.478 e. The smallest absolute Gasteiger partial charge is 0.347 e. The van der Waals surface area contributed by atoms with Crippen LogP contribution in [0.3, 0.4) is 0 Å². The molecule has 1 rings (SSSR count). The Kier molecular flexibility index (Phi) is 3.78. The van der Waals surface area contributed by atoms with E-state index in [0.29, 0.717) is 17.3 Å². The molecule has 0 fully saturated rings. The highest BCUT2D eigenvalue weighted by Gasteiger charge is 2.29. The van der Waals surface area contributed by atoms with Crippen LogP contribution in [0.25, 0.3) is 0 Å². The normalized spacial score (nSPS) is 11.2. The number of aliphatic carboxylic acids is 1. The number of halogens is 1. The molecule has 0 atom stereocenters. The average Bonchev–Trinajstić information content (AvgIpc) is 2.17. The Balaban J connectivity index is 2.91. The third kappa shape index (κ3) is 2.87. The molecule has 0 bridgehead atoms. The summed E-state index contributed by atoms with van der Waals surface area (Å²) in [5.74, 6) is -0.624. The van der Waals surface area contributed by atoms with E-state index in [-0.39, 0.29) is 0 Å². The summed E-state index contributed by atoms with van der Waals surface area (Å²) in [6.45, 7) is 3.28. The fourth-order valence-corrected chi connectivity index (χ4v) is 1.34. The van der Waals surface area contributed by atoms with Gasteiger partial charge in [0.2, 0.25) is 0 Å². The van der Waals surface area contributed by atoms with Crippen LogP contribution in [0, 0.1) is 0 Å².